The summed E-state index contributed by atoms with van der Waals surface area (Å²) in [5, 5.41) is 2.55. The number of pyridine rings is 2. The molecule has 0 amide bonds. The molecule has 0 atom stereocenters. The standard InChI is InChI=1S/C61H39N7Si/c1-4-19-40(20-5-1)55-57-49(35-37-62-55)50-36-38-63-56(41-21-6-2-7-22-41)58(50)69(57,43-24-8-3-9-25-43)44-26-18-23-42(39-44)59-64-60(67-51-31-14-10-27-45(51)46-28-11-15-32-52(46)67)66-61(65-59)68-53-33-16-12-29-47(53)48-30-13-17-34-54(48)68/h1-39H/i10D,11D,12D,13D,14D,15D,16D,17D,27D,28D,29D,30D,31D,32D,33D,34D. The fourth-order valence-corrected chi connectivity index (χ4v) is 15.7. The fourth-order valence-electron chi connectivity index (χ4n) is 10.1. The third-order valence-electron chi connectivity index (χ3n) is 12.9. The molecule has 0 N–H and O–H groups in total. The van der Waals surface area contributed by atoms with Gasteiger partial charge in [0.1, 0.15) is 0 Å². The molecule has 0 radical (unpaired) electrons. The zero-order valence-electron chi connectivity index (χ0n) is 51.9. The minimum Gasteiger partial charge on any atom is -0.278 e. The van der Waals surface area contributed by atoms with Crippen LogP contribution < -0.4 is 20.7 Å². The molecule has 0 saturated heterocycles. The van der Waals surface area contributed by atoms with Crippen molar-refractivity contribution in [1.29, 1.82) is 0 Å². The largest absolute Gasteiger partial charge is 0.278 e. The van der Waals surface area contributed by atoms with Crippen molar-refractivity contribution in [2.45, 2.75) is 0 Å². The number of aromatic nitrogens is 7. The van der Waals surface area contributed by atoms with Gasteiger partial charge in [0.2, 0.25) is 11.9 Å². The van der Waals surface area contributed by atoms with Crippen LogP contribution in [0.3, 0.4) is 0 Å². The van der Waals surface area contributed by atoms with Crippen LogP contribution in [-0.4, -0.2) is 42.1 Å². The molecule has 6 heterocycles. The van der Waals surface area contributed by atoms with E-state index in [0.29, 0.717) is 5.56 Å². The molecule has 0 spiro atoms. The van der Waals surface area contributed by atoms with Crippen molar-refractivity contribution in [3.05, 3.63) is 236 Å². The Kier molecular flexibility index (Phi) is 5.90. The number of fused-ring (bicyclic) bond motifs is 9. The molecule has 322 valence electrons. The van der Waals surface area contributed by atoms with Gasteiger partial charge in [-0.2, -0.15) is 15.0 Å². The van der Waals surface area contributed by atoms with Gasteiger partial charge in [-0.3, -0.25) is 19.1 Å². The van der Waals surface area contributed by atoms with Crippen LogP contribution in [0.5, 0.6) is 0 Å². The number of hydrogen-bond donors (Lipinski definition) is 0. The summed E-state index contributed by atoms with van der Waals surface area (Å²) in [6.07, 6.45) is 3.61. The molecule has 5 aromatic heterocycles. The third kappa shape index (κ3) is 5.82. The molecule has 0 aliphatic carbocycles. The summed E-state index contributed by atoms with van der Waals surface area (Å²) in [6.45, 7) is 0. The lowest BCUT2D eigenvalue weighted by Gasteiger charge is -2.33. The Labute approximate surface area is 420 Å². The fraction of sp³-hybridized carbons (Fsp3) is 0. The topological polar surface area (TPSA) is 74.3 Å². The zero-order valence-corrected chi connectivity index (χ0v) is 36.9. The number of benzene rings is 8. The number of nitrogens with zero attached hydrogens (tertiary/aromatic N) is 7. The Bertz CT molecular complexity index is 4680. The SMILES string of the molecule is [2H]c1c([2H])c([2H])c2c(c1[2H])c1c([2H])c([2H])c([2H])c([2H])c1n2-c1nc(-c2cccc([Si]3(c4ccccc4)c4c(ccnc4-c4ccccc4)-c4ccnc(-c5ccccc5)c43)c2)nc(-n2c3c([2H])c([2H])c([2H])c([2H])c3c3c([2H])c([2H])c([2H])c([2H])c32)n1. The van der Waals surface area contributed by atoms with Gasteiger partial charge in [0.25, 0.3) is 0 Å². The van der Waals surface area contributed by atoms with Crippen LogP contribution in [0.2, 0.25) is 0 Å². The summed E-state index contributed by atoms with van der Waals surface area (Å²) in [4.78, 5) is 25.5. The molecule has 1 aliphatic heterocycles. The van der Waals surface area contributed by atoms with E-state index in [1.807, 2.05) is 109 Å². The second kappa shape index (κ2) is 15.5. The van der Waals surface area contributed by atoms with E-state index in [1.165, 1.54) is 0 Å². The molecule has 8 aromatic carbocycles. The smallest absolute Gasteiger partial charge is 0.240 e. The maximum atomic E-state index is 9.44. The Morgan fingerprint density at radius 3 is 1.22 bits per heavy atom. The van der Waals surface area contributed by atoms with Crippen molar-refractivity contribution in [1.82, 2.24) is 34.1 Å². The monoisotopic (exact) mass is 913 g/mol. The lowest BCUT2D eigenvalue weighted by atomic mass is 10.0. The second-order valence-corrected chi connectivity index (χ2v) is 20.1. The molecular formula is C61H39N7Si. The highest BCUT2D eigenvalue weighted by molar-refractivity contribution is 7.23. The summed E-state index contributed by atoms with van der Waals surface area (Å²) < 4.78 is 148. The Hall–Kier alpha value is -9.11. The molecular weight excluding hydrogens is 859 g/mol. The van der Waals surface area contributed by atoms with Crippen LogP contribution in [0, 0.1) is 0 Å². The first-order valence-corrected chi connectivity index (χ1v) is 23.9. The van der Waals surface area contributed by atoms with Crippen LogP contribution in [0.25, 0.3) is 101 Å². The van der Waals surface area contributed by atoms with E-state index in [1.54, 1.807) is 18.5 Å². The first kappa shape index (κ1) is 26.3. The zero-order chi connectivity index (χ0) is 59.4. The first-order valence-electron chi connectivity index (χ1n) is 29.9. The van der Waals surface area contributed by atoms with Crippen LogP contribution in [0.15, 0.2) is 236 Å². The highest BCUT2D eigenvalue weighted by atomic mass is 28.3. The maximum absolute atomic E-state index is 9.44. The van der Waals surface area contributed by atoms with Crippen molar-refractivity contribution in [3.63, 3.8) is 0 Å². The Morgan fingerprint density at radius 1 is 0.377 bits per heavy atom. The van der Waals surface area contributed by atoms with Gasteiger partial charge in [-0.1, -0.05) is 188 Å². The van der Waals surface area contributed by atoms with E-state index in [4.69, 9.17) is 35.9 Å². The third-order valence-corrected chi connectivity index (χ3v) is 17.8. The Morgan fingerprint density at radius 2 is 0.768 bits per heavy atom. The second-order valence-electron chi connectivity index (χ2n) is 16.4. The van der Waals surface area contributed by atoms with Gasteiger partial charge in [0, 0.05) is 50.6 Å². The first-order chi connectivity index (χ1) is 40.9. The van der Waals surface area contributed by atoms with Crippen molar-refractivity contribution < 1.29 is 21.9 Å². The minimum absolute atomic E-state index is 0.171. The van der Waals surface area contributed by atoms with E-state index in [0.717, 1.165) is 63.5 Å². The van der Waals surface area contributed by atoms with E-state index in [-0.39, 0.29) is 49.4 Å². The lowest BCUT2D eigenvalue weighted by Crippen LogP contribution is -2.73. The summed E-state index contributed by atoms with van der Waals surface area (Å²) in [7, 11) is -3.77. The summed E-state index contributed by atoms with van der Waals surface area (Å²) in [6, 6.07) is 30.7. The van der Waals surface area contributed by atoms with Crippen molar-refractivity contribution in [2.75, 3.05) is 0 Å². The average molecular weight is 914 g/mol. The van der Waals surface area contributed by atoms with E-state index in [9.17, 15) is 11.0 Å². The van der Waals surface area contributed by atoms with E-state index >= 15 is 0 Å². The van der Waals surface area contributed by atoms with E-state index in [2.05, 4.69) is 12.1 Å². The van der Waals surface area contributed by atoms with Gasteiger partial charge in [0.15, 0.2) is 13.9 Å². The van der Waals surface area contributed by atoms with E-state index < -0.39 is 117 Å². The maximum Gasteiger partial charge on any atom is 0.240 e. The molecule has 69 heavy (non-hydrogen) atoms. The normalized spacial score (nSPS) is 16.0. The Balaban J connectivity index is 1.17. The lowest BCUT2D eigenvalue weighted by molar-refractivity contribution is 0.893. The molecule has 1 aliphatic rings. The molecule has 0 fully saturated rings. The molecule has 0 saturated carbocycles. The van der Waals surface area contributed by atoms with Gasteiger partial charge >= 0.3 is 0 Å². The number of rotatable bonds is 7. The van der Waals surface area contributed by atoms with Crippen molar-refractivity contribution >= 4 is 72.4 Å². The molecule has 14 rings (SSSR count). The summed E-state index contributed by atoms with van der Waals surface area (Å²) >= 11 is 0. The predicted octanol–water partition coefficient (Wildman–Crippen LogP) is 11.2. The molecule has 13 aromatic rings. The molecule has 0 unspecified atom stereocenters. The van der Waals surface area contributed by atoms with Crippen LogP contribution >= 0.6 is 0 Å². The predicted molar refractivity (Wildman–Crippen MR) is 283 cm³/mol. The average Bonchev–Trinajstić information content (AvgIpc) is 1.84. The highest BCUT2D eigenvalue weighted by Gasteiger charge is 2.52. The highest BCUT2D eigenvalue weighted by Crippen LogP contribution is 2.38. The van der Waals surface area contributed by atoms with Crippen molar-refractivity contribution in [2.24, 2.45) is 0 Å². The quantitative estimate of drug-likeness (QED) is 0.149. The molecule has 8 heteroatoms. The molecule has 7 nitrogen and oxygen atoms in total. The van der Waals surface area contributed by atoms with Gasteiger partial charge in [0.05, 0.1) is 55.4 Å². The van der Waals surface area contributed by atoms with Crippen LogP contribution in [-0.2, 0) is 0 Å². The van der Waals surface area contributed by atoms with Crippen LogP contribution in [0.4, 0.5) is 0 Å². The molecule has 0 bridgehead atoms. The van der Waals surface area contributed by atoms with Crippen molar-refractivity contribution in [3.8, 4) is 56.9 Å². The van der Waals surface area contributed by atoms with Crippen LogP contribution in [0.1, 0.15) is 21.9 Å². The van der Waals surface area contributed by atoms with Gasteiger partial charge in [-0.15, -0.1) is 0 Å². The number of para-hydroxylation sites is 4. The summed E-state index contributed by atoms with van der Waals surface area (Å²) in [5.41, 5.74) is 4.01. The minimum atomic E-state index is -3.77. The van der Waals surface area contributed by atoms with Gasteiger partial charge < -0.3 is 0 Å². The summed E-state index contributed by atoms with van der Waals surface area (Å²) in [5.74, 6) is -1.15. The number of hydrogen-bond acceptors (Lipinski definition) is 5. The van der Waals surface area contributed by atoms with Gasteiger partial charge in [-0.05, 0) is 68.2 Å². The van der Waals surface area contributed by atoms with Gasteiger partial charge in [-0.25, -0.2) is 0 Å².